The molecule has 0 unspecified atom stereocenters. The van der Waals surface area contributed by atoms with E-state index in [0.29, 0.717) is 10.8 Å². The number of hydrogen-bond donors (Lipinski definition) is 3. The van der Waals surface area contributed by atoms with Gasteiger partial charge in [-0.1, -0.05) is 68.2 Å². The Kier molecular flexibility index (Phi) is 15.3. The van der Waals surface area contributed by atoms with Crippen molar-refractivity contribution >= 4 is 0 Å². The zero-order chi connectivity index (χ0) is 15.4. The fourth-order valence-corrected chi connectivity index (χ4v) is 0.0577. The molecule has 0 saturated heterocycles. The standard InChI is InChI=1S/2C6H14.C3H8O3/c2*1-5-6(2,3)4;4-1-3(6)2-5/h2*5H2,1-4H3;3-6H,1-2H2. The van der Waals surface area contributed by atoms with Crippen molar-refractivity contribution in [2.45, 2.75) is 74.3 Å². The van der Waals surface area contributed by atoms with E-state index in [1.807, 2.05) is 0 Å². The summed E-state index contributed by atoms with van der Waals surface area (Å²) in [6.07, 6.45) is 1.59. The number of aliphatic hydroxyl groups excluding tert-OH is 3. The van der Waals surface area contributed by atoms with E-state index in [4.69, 9.17) is 15.3 Å². The van der Waals surface area contributed by atoms with Crippen molar-refractivity contribution in [3.05, 3.63) is 0 Å². The molecule has 0 rings (SSSR count). The van der Waals surface area contributed by atoms with Crippen LogP contribution in [0.3, 0.4) is 0 Å². The lowest BCUT2D eigenvalue weighted by Crippen LogP contribution is -2.15. The predicted octanol–water partition coefficient (Wildman–Crippen LogP) is 3.22. The van der Waals surface area contributed by atoms with Gasteiger partial charge in [0.1, 0.15) is 6.10 Å². The molecule has 3 nitrogen and oxygen atoms in total. The van der Waals surface area contributed by atoms with Crippen LogP contribution in [0.4, 0.5) is 0 Å². The Hall–Kier alpha value is -0.120. The van der Waals surface area contributed by atoms with Crippen LogP contribution in [0.15, 0.2) is 0 Å². The molecular weight excluding hydrogens is 228 g/mol. The third-order valence-corrected chi connectivity index (χ3v) is 2.54. The molecule has 0 aliphatic carbocycles. The van der Waals surface area contributed by atoms with Crippen LogP contribution in [0.25, 0.3) is 0 Å². The first-order valence-electron chi connectivity index (χ1n) is 6.83. The molecule has 0 bridgehead atoms. The minimum absolute atomic E-state index is 0.365. The Morgan fingerprint density at radius 2 is 0.889 bits per heavy atom. The average molecular weight is 264 g/mol. The monoisotopic (exact) mass is 264 g/mol. The second kappa shape index (κ2) is 11.9. The van der Waals surface area contributed by atoms with Crippen LogP contribution in [0.1, 0.15) is 68.2 Å². The van der Waals surface area contributed by atoms with E-state index in [2.05, 4.69) is 55.4 Å². The highest BCUT2D eigenvalue weighted by Crippen LogP contribution is 2.16. The van der Waals surface area contributed by atoms with Crippen molar-refractivity contribution in [2.75, 3.05) is 13.2 Å². The van der Waals surface area contributed by atoms with Crippen LogP contribution in [-0.2, 0) is 0 Å². The molecule has 0 aromatic heterocycles. The van der Waals surface area contributed by atoms with Crippen LogP contribution >= 0.6 is 0 Å². The lowest BCUT2D eigenvalue weighted by molar-refractivity contribution is 0.0450. The molecule has 3 N–H and O–H groups in total. The molecule has 0 aromatic carbocycles. The van der Waals surface area contributed by atoms with Gasteiger partial charge in [0.15, 0.2) is 0 Å². The van der Waals surface area contributed by atoms with Crippen LogP contribution in [0.2, 0.25) is 0 Å². The zero-order valence-electron chi connectivity index (χ0n) is 13.7. The average Bonchev–Trinajstić information content (AvgIpc) is 2.27. The van der Waals surface area contributed by atoms with Crippen molar-refractivity contribution in [1.29, 1.82) is 0 Å². The van der Waals surface area contributed by atoms with Crippen LogP contribution in [0.5, 0.6) is 0 Å². The number of hydrogen-bond acceptors (Lipinski definition) is 3. The molecule has 18 heavy (non-hydrogen) atoms. The van der Waals surface area contributed by atoms with E-state index in [1.165, 1.54) is 12.8 Å². The Morgan fingerprint density at radius 3 is 0.889 bits per heavy atom. The minimum atomic E-state index is -0.954. The van der Waals surface area contributed by atoms with Gasteiger partial charge in [0.2, 0.25) is 0 Å². The fraction of sp³-hybridized carbons (Fsp3) is 1.00. The SMILES string of the molecule is CCC(C)(C)C.CCC(C)(C)C.OCC(O)CO. The van der Waals surface area contributed by atoms with Crippen LogP contribution in [-0.4, -0.2) is 34.6 Å². The van der Waals surface area contributed by atoms with Gasteiger partial charge in [0, 0.05) is 0 Å². The van der Waals surface area contributed by atoms with Crippen molar-refractivity contribution in [2.24, 2.45) is 10.8 Å². The van der Waals surface area contributed by atoms with Gasteiger partial charge in [-0.3, -0.25) is 0 Å². The maximum Gasteiger partial charge on any atom is 0.100 e. The molecule has 0 saturated carbocycles. The molecule has 0 heterocycles. The third-order valence-electron chi connectivity index (χ3n) is 2.54. The van der Waals surface area contributed by atoms with Gasteiger partial charge in [-0.15, -0.1) is 0 Å². The first-order chi connectivity index (χ1) is 7.93. The summed E-state index contributed by atoms with van der Waals surface area (Å²) < 4.78 is 0. The van der Waals surface area contributed by atoms with Crippen molar-refractivity contribution in [1.82, 2.24) is 0 Å². The molecule has 114 valence electrons. The van der Waals surface area contributed by atoms with Crippen molar-refractivity contribution in [3.8, 4) is 0 Å². The van der Waals surface area contributed by atoms with Gasteiger partial charge in [-0.2, -0.15) is 0 Å². The van der Waals surface area contributed by atoms with Crippen molar-refractivity contribution in [3.63, 3.8) is 0 Å². The van der Waals surface area contributed by atoms with E-state index in [9.17, 15) is 0 Å². The maximum atomic E-state index is 8.17. The molecule has 0 amide bonds. The highest BCUT2D eigenvalue weighted by atomic mass is 16.3. The predicted molar refractivity (Wildman–Crippen MR) is 79.7 cm³/mol. The summed E-state index contributed by atoms with van der Waals surface area (Å²) in [7, 11) is 0. The lowest BCUT2D eigenvalue weighted by atomic mass is 9.94. The molecule has 0 radical (unpaired) electrons. The molecule has 0 atom stereocenters. The first kappa shape index (κ1) is 23.0. The minimum Gasteiger partial charge on any atom is -0.394 e. The lowest BCUT2D eigenvalue weighted by Gasteiger charge is -2.12. The summed E-state index contributed by atoms with van der Waals surface area (Å²) in [5.41, 5.74) is 1.08. The largest absolute Gasteiger partial charge is 0.394 e. The van der Waals surface area contributed by atoms with Gasteiger partial charge in [-0.25, -0.2) is 0 Å². The summed E-state index contributed by atoms with van der Waals surface area (Å²) in [5, 5.41) is 24.0. The van der Waals surface area contributed by atoms with Gasteiger partial charge in [-0.05, 0) is 10.8 Å². The number of rotatable bonds is 2. The highest BCUT2D eigenvalue weighted by Gasteiger charge is 2.03. The second-order valence-electron chi connectivity index (χ2n) is 6.85. The van der Waals surface area contributed by atoms with Crippen LogP contribution < -0.4 is 0 Å². The van der Waals surface area contributed by atoms with E-state index < -0.39 is 6.10 Å². The molecule has 0 spiro atoms. The molecule has 3 heteroatoms. The summed E-state index contributed by atoms with van der Waals surface area (Å²) in [6.45, 7) is 17.1. The topological polar surface area (TPSA) is 60.7 Å². The summed E-state index contributed by atoms with van der Waals surface area (Å²) >= 11 is 0. The quantitative estimate of drug-likeness (QED) is 0.717. The van der Waals surface area contributed by atoms with Gasteiger partial charge < -0.3 is 15.3 Å². The zero-order valence-corrected chi connectivity index (χ0v) is 13.7. The smallest absolute Gasteiger partial charge is 0.100 e. The van der Waals surface area contributed by atoms with Crippen LogP contribution in [0, 0.1) is 10.8 Å². The molecule has 0 aliphatic rings. The first-order valence-corrected chi connectivity index (χ1v) is 6.83. The molecule has 0 aliphatic heterocycles. The molecular formula is C15H36O3. The Bertz CT molecular complexity index is 136. The Morgan fingerprint density at radius 1 is 0.722 bits per heavy atom. The van der Waals surface area contributed by atoms with Gasteiger partial charge >= 0.3 is 0 Å². The van der Waals surface area contributed by atoms with Gasteiger partial charge in [0.25, 0.3) is 0 Å². The summed E-state index contributed by atoms with van der Waals surface area (Å²) in [4.78, 5) is 0. The highest BCUT2D eigenvalue weighted by molar-refractivity contribution is 4.55. The maximum absolute atomic E-state index is 8.17. The van der Waals surface area contributed by atoms with E-state index >= 15 is 0 Å². The van der Waals surface area contributed by atoms with Gasteiger partial charge in [0.05, 0.1) is 13.2 Å². The summed E-state index contributed by atoms with van der Waals surface area (Å²) in [6, 6.07) is 0. The summed E-state index contributed by atoms with van der Waals surface area (Å²) in [5.74, 6) is 0. The normalized spacial score (nSPS) is 11.3. The second-order valence-corrected chi connectivity index (χ2v) is 6.85. The van der Waals surface area contributed by atoms with E-state index in [1.54, 1.807) is 0 Å². The van der Waals surface area contributed by atoms with E-state index in [-0.39, 0.29) is 13.2 Å². The molecule has 0 fully saturated rings. The van der Waals surface area contributed by atoms with Crippen molar-refractivity contribution < 1.29 is 15.3 Å². The fourth-order valence-electron chi connectivity index (χ4n) is 0.0577. The molecule has 0 aromatic rings. The Labute approximate surface area is 114 Å². The Balaban J connectivity index is -0.000000187. The van der Waals surface area contributed by atoms with E-state index in [0.717, 1.165) is 0 Å². The number of aliphatic hydroxyl groups is 3. The third kappa shape index (κ3) is 36.0.